The molecule has 0 aliphatic heterocycles. The summed E-state index contributed by atoms with van der Waals surface area (Å²) in [6.07, 6.45) is 5.10. The zero-order chi connectivity index (χ0) is 34.5. The average molecular weight is 716 g/mol. The predicted molar refractivity (Wildman–Crippen MR) is 182 cm³/mol. The Balaban J connectivity index is 0.000000229. The number of hydrogen-bond donors (Lipinski definition) is 3. The topological polar surface area (TPSA) is 197 Å². The molecule has 2 aromatic carbocycles. The summed E-state index contributed by atoms with van der Waals surface area (Å²) in [5, 5.41) is 31.2. The highest BCUT2D eigenvalue weighted by atomic mass is 79.9. The highest BCUT2D eigenvalue weighted by molar-refractivity contribution is 9.10. The Bertz CT molecular complexity index is 1900. The lowest BCUT2D eigenvalue weighted by Crippen LogP contribution is -2.05. The van der Waals surface area contributed by atoms with Crippen molar-refractivity contribution in [3.63, 3.8) is 0 Å². The number of methoxy groups -OCH3 is 2. The van der Waals surface area contributed by atoms with E-state index in [2.05, 4.69) is 56.7 Å². The van der Waals surface area contributed by atoms with E-state index in [-0.39, 0.29) is 17.2 Å². The van der Waals surface area contributed by atoms with E-state index in [1.165, 1.54) is 30.9 Å². The van der Waals surface area contributed by atoms with E-state index in [9.17, 15) is 20.2 Å². The van der Waals surface area contributed by atoms with Gasteiger partial charge in [-0.3, -0.25) is 20.2 Å². The fraction of sp³-hybridized carbons (Fsp3) is 0.129. The number of anilines is 4. The van der Waals surface area contributed by atoms with Gasteiger partial charge in [0.1, 0.15) is 45.7 Å². The molecular formula is C31H27BrN10O6. The van der Waals surface area contributed by atoms with Crippen LogP contribution in [-0.4, -0.2) is 44.0 Å². The van der Waals surface area contributed by atoms with Crippen LogP contribution in [0.15, 0.2) is 90.1 Å². The molecule has 3 aromatic heterocycles. The molecule has 3 N–H and O–H groups in total. The molecule has 0 radical (unpaired) electrons. The largest absolute Gasteiger partial charge is 0.497 e. The number of pyridine rings is 2. The summed E-state index contributed by atoms with van der Waals surface area (Å²) in [7, 11) is 3.19. The van der Waals surface area contributed by atoms with E-state index in [4.69, 9.17) is 16.0 Å². The predicted octanol–water partition coefficient (Wildman–Crippen LogP) is 7.07. The van der Waals surface area contributed by atoms with E-state index < -0.39 is 9.85 Å². The lowest BCUT2D eigenvalue weighted by Gasteiger charge is -2.10. The van der Waals surface area contributed by atoms with E-state index in [0.29, 0.717) is 40.7 Å². The second kappa shape index (κ2) is 16.8. The molecule has 48 heavy (non-hydrogen) atoms. The zero-order valence-corrected chi connectivity index (χ0v) is 27.0. The molecule has 5 rings (SSSR count). The molecule has 0 aliphatic carbocycles. The van der Waals surface area contributed by atoms with Gasteiger partial charge in [0.25, 0.3) is 5.82 Å². The van der Waals surface area contributed by atoms with Gasteiger partial charge in [-0.2, -0.15) is 0 Å². The second-order valence-electron chi connectivity index (χ2n) is 9.52. The van der Waals surface area contributed by atoms with Crippen LogP contribution in [0, 0.1) is 26.8 Å². The standard InChI is InChI=1S/C18H15N7O3.C13H12BrN3O3/c1-19-17-10-23-18(11-22-17)24-16-7-14(15(9-21-16)25(26)27)20-8-12-3-5-13(28-2)6-4-12;1-20-10-4-2-9(3-5-10)7-15-11-6-13(14)16-8-12(11)17(18)19/h3-7,9-11H,8H2,2H3,(H2,20,21,23,24);2-6,8H,7H2,1H3,(H,15,16). The Morgan fingerprint density at radius 3 is 1.69 bits per heavy atom. The van der Waals surface area contributed by atoms with Crippen molar-refractivity contribution >= 4 is 56.1 Å². The van der Waals surface area contributed by atoms with Crippen LogP contribution in [0.1, 0.15) is 11.1 Å². The molecule has 0 aliphatic rings. The molecule has 5 aromatic rings. The molecule has 0 amide bonds. The number of benzene rings is 2. The number of hydrogen-bond acceptors (Lipinski definition) is 13. The Kier molecular flexibility index (Phi) is 12.0. The van der Waals surface area contributed by atoms with Crippen LogP contribution >= 0.6 is 15.9 Å². The van der Waals surface area contributed by atoms with Crippen molar-refractivity contribution in [3.05, 3.63) is 133 Å². The minimum absolute atomic E-state index is 0.0540. The van der Waals surface area contributed by atoms with Gasteiger partial charge in [-0.25, -0.2) is 15.0 Å². The molecule has 0 atom stereocenters. The molecular weight excluding hydrogens is 688 g/mol. The third-order valence-electron chi connectivity index (χ3n) is 6.42. The molecule has 0 unspecified atom stereocenters. The first-order chi connectivity index (χ1) is 23.2. The monoisotopic (exact) mass is 714 g/mol. The van der Waals surface area contributed by atoms with Crippen molar-refractivity contribution in [2.75, 3.05) is 30.2 Å². The number of nitro groups is 2. The fourth-order valence-corrected chi connectivity index (χ4v) is 4.30. The van der Waals surface area contributed by atoms with Crippen molar-refractivity contribution < 1.29 is 19.3 Å². The lowest BCUT2D eigenvalue weighted by atomic mass is 10.2. The Morgan fingerprint density at radius 2 is 1.23 bits per heavy atom. The van der Waals surface area contributed by atoms with Crippen LogP contribution in [0.3, 0.4) is 0 Å². The number of aromatic nitrogens is 4. The first-order valence-electron chi connectivity index (χ1n) is 13.8. The third-order valence-corrected chi connectivity index (χ3v) is 6.85. The van der Waals surface area contributed by atoms with E-state index >= 15 is 0 Å². The molecule has 3 heterocycles. The Labute approximate surface area is 282 Å². The maximum Gasteiger partial charge on any atom is 0.310 e. The molecule has 0 fully saturated rings. The quantitative estimate of drug-likeness (QED) is 0.0514. The van der Waals surface area contributed by atoms with Crippen molar-refractivity contribution in [1.82, 2.24) is 19.9 Å². The summed E-state index contributed by atoms with van der Waals surface area (Å²) in [5.74, 6) is 2.40. The maximum absolute atomic E-state index is 11.3. The Hall–Kier alpha value is -6.41. The highest BCUT2D eigenvalue weighted by Gasteiger charge is 2.16. The van der Waals surface area contributed by atoms with Crippen LogP contribution in [-0.2, 0) is 13.1 Å². The minimum atomic E-state index is -0.502. The van der Waals surface area contributed by atoms with Gasteiger partial charge in [-0.1, -0.05) is 30.8 Å². The van der Waals surface area contributed by atoms with Crippen LogP contribution in [0.4, 0.5) is 40.2 Å². The summed E-state index contributed by atoms with van der Waals surface area (Å²) < 4.78 is 10.7. The number of nitrogens with one attached hydrogen (secondary N) is 3. The van der Waals surface area contributed by atoms with Gasteiger partial charge in [-0.05, 0) is 51.3 Å². The van der Waals surface area contributed by atoms with Gasteiger partial charge in [0, 0.05) is 25.2 Å². The third kappa shape index (κ3) is 9.79. The smallest absolute Gasteiger partial charge is 0.310 e. The van der Waals surface area contributed by atoms with Gasteiger partial charge in [0.15, 0.2) is 12.0 Å². The molecule has 0 saturated carbocycles. The average Bonchev–Trinajstić information content (AvgIpc) is 3.10. The molecule has 16 nitrogen and oxygen atoms in total. The number of halogens is 1. The van der Waals surface area contributed by atoms with Crippen LogP contribution in [0.2, 0.25) is 0 Å². The summed E-state index contributed by atoms with van der Waals surface area (Å²) in [5.41, 5.74) is 2.46. The molecule has 244 valence electrons. The maximum atomic E-state index is 11.3. The van der Waals surface area contributed by atoms with Crippen LogP contribution < -0.4 is 25.4 Å². The van der Waals surface area contributed by atoms with Gasteiger partial charge in [0.05, 0.1) is 30.3 Å². The molecule has 17 heteroatoms. The molecule has 0 bridgehead atoms. The summed E-state index contributed by atoms with van der Waals surface area (Å²) in [4.78, 5) is 40.3. The van der Waals surface area contributed by atoms with Gasteiger partial charge >= 0.3 is 11.4 Å². The number of ether oxygens (including phenoxy) is 2. The first-order valence-corrected chi connectivity index (χ1v) is 14.6. The van der Waals surface area contributed by atoms with Crippen molar-refractivity contribution in [2.24, 2.45) is 0 Å². The fourth-order valence-electron chi connectivity index (χ4n) is 3.97. The first kappa shape index (κ1) is 34.5. The second-order valence-corrected chi connectivity index (χ2v) is 10.3. The van der Waals surface area contributed by atoms with Crippen molar-refractivity contribution in [2.45, 2.75) is 13.1 Å². The van der Waals surface area contributed by atoms with E-state index in [1.807, 2.05) is 48.5 Å². The van der Waals surface area contributed by atoms with Gasteiger partial charge in [-0.15, -0.1) is 4.98 Å². The van der Waals surface area contributed by atoms with Crippen LogP contribution in [0.5, 0.6) is 11.5 Å². The van der Waals surface area contributed by atoms with Gasteiger partial charge in [0.2, 0.25) is 0 Å². The van der Waals surface area contributed by atoms with E-state index in [1.54, 1.807) is 20.3 Å². The molecule has 0 saturated heterocycles. The Morgan fingerprint density at radius 1 is 0.729 bits per heavy atom. The SMILES string of the molecule is COc1ccc(CNc2cc(Br)ncc2[N+](=O)[O-])cc1.[C-]#[N+]c1cnc(Nc2cc(NCc3ccc(OC)cc3)c([N+](=O)[O-])cn2)cn1. The number of nitrogens with zero attached hydrogens (tertiary/aromatic N) is 7. The van der Waals surface area contributed by atoms with Crippen LogP contribution in [0.25, 0.3) is 4.85 Å². The minimum Gasteiger partial charge on any atom is -0.497 e. The van der Waals surface area contributed by atoms with Gasteiger partial charge < -0.3 is 30.3 Å². The zero-order valence-electron chi connectivity index (χ0n) is 25.5. The summed E-state index contributed by atoms with van der Waals surface area (Å²) in [6, 6.07) is 17.9. The van der Waals surface area contributed by atoms with Crippen molar-refractivity contribution in [3.8, 4) is 11.5 Å². The number of rotatable bonds is 12. The van der Waals surface area contributed by atoms with Crippen molar-refractivity contribution in [1.29, 1.82) is 0 Å². The summed E-state index contributed by atoms with van der Waals surface area (Å²) >= 11 is 3.20. The normalized spacial score (nSPS) is 10.0. The van der Waals surface area contributed by atoms with E-state index in [0.717, 1.165) is 22.6 Å². The molecule has 0 spiro atoms. The lowest BCUT2D eigenvalue weighted by molar-refractivity contribution is -0.384. The highest BCUT2D eigenvalue weighted by Crippen LogP contribution is 2.28. The summed E-state index contributed by atoms with van der Waals surface area (Å²) in [6.45, 7) is 7.73.